The molecule has 1 fully saturated rings. The quantitative estimate of drug-likeness (QED) is 0.683. The zero-order valence-electron chi connectivity index (χ0n) is 11.6. The van der Waals surface area contributed by atoms with E-state index in [0.29, 0.717) is 11.6 Å². The Bertz CT molecular complexity index is 511. The minimum absolute atomic E-state index is 0.209. The Hall–Kier alpha value is -1.59. The molecular weight excluding hydrogens is 278 g/mol. The van der Waals surface area contributed by atoms with Gasteiger partial charge in [0.25, 0.3) is 5.91 Å². The summed E-state index contributed by atoms with van der Waals surface area (Å²) in [7, 11) is 3.89. The van der Waals surface area contributed by atoms with Gasteiger partial charge in [0, 0.05) is 32.0 Å². The standard InChI is InChI=1S/C14H18ClN3O2/c1-18(2)11-6-5-10(12(15)8-11)9-16-17-14(19)13-4-3-7-20-13/h5-6,8-9,13H,3-4,7H2,1-2H3,(H,17,19)/b16-9+/t13-/m0/s1. The van der Waals surface area contributed by atoms with Gasteiger partial charge in [0.2, 0.25) is 0 Å². The third-order valence-electron chi connectivity index (χ3n) is 3.10. The molecular formula is C14H18ClN3O2. The summed E-state index contributed by atoms with van der Waals surface area (Å²) in [5, 5.41) is 4.51. The van der Waals surface area contributed by atoms with Crippen molar-refractivity contribution in [1.29, 1.82) is 0 Å². The van der Waals surface area contributed by atoms with E-state index < -0.39 is 0 Å². The topological polar surface area (TPSA) is 53.9 Å². The molecule has 1 saturated heterocycles. The van der Waals surface area contributed by atoms with Crippen molar-refractivity contribution in [2.24, 2.45) is 5.10 Å². The molecule has 2 rings (SSSR count). The van der Waals surface area contributed by atoms with Gasteiger partial charge < -0.3 is 9.64 Å². The number of ether oxygens (including phenoxy) is 1. The predicted octanol–water partition coefficient (Wildman–Crippen LogP) is 2.04. The second kappa shape index (κ2) is 6.72. The Labute approximate surface area is 123 Å². The lowest BCUT2D eigenvalue weighted by Gasteiger charge is -2.13. The molecule has 0 bridgehead atoms. The molecule has 0 spiro atoms. The number of rotatable bonds is 4. The Balaban J connectivity index is 1.95. The number of benzene rings is 1. The summed E-state index contributed by atoms with van der Waals surface area (Å²) in [6.45, 7) is 0.639. The van der Waals surface area contributed by atoms with Crippen molar-refractivity contribution in [2.75, 3.05) is 25.6 Å². The van der Waals surface area contributed by atoms with Crippen LogP contribution in [0.2, 0.25) is 5.02 Å². The molecule has 1 N–H and O–H groups in total. The van der Waals surface area contributed by atoms with E-state index in [1.54, 1.807) is 0 Å². The SMILES string of the molecule is CN(C)c1ccc(/C=N/NC(=O)[C@@H]2CCCO2)c(Cl)c1. The first-order valence-corrected chi connectivity index (χ1v) is 6.87. The van der Waals surface area contributed by atoms with Crippen molar-refractivity contribution in [3.63, 3.8) is 0 Å². The van der Waals surface area contributed by atoms with Gasteiger partial charge in [0.1, 0.15) is 6.10 Å². The Morgan fingerprint density at radius 1 is 1.55 bits per heavy atom. The Kier molecular flexibility index (Phi) is 4.98. The highest BCUT2D eigenvalue weighted by Crippen LogP contribution is 2.21. The summed E-state index contributed by atoms with van der Waals surface area (Å²) in [6, 6.07) is 5.65. The van der Waals surface area contributed by atoms with Crippen LogP contribution in [0.1, 0.15) is 18.4 Å². The van der Waals surface area contributed by atoms with E-state index in [-0.39, 0.29) is 12.0 Å². The van der Waals surface area contributed by atoms with Gasteiger partial charge in [-0.25, -0.2) is 5.43 Å². The molecule has 0 aromatic heterocycles. The molecule has 0 unspecified atom stereocenters. The lowest BCUT2D eigenvalue weighted by Crippen LogP contribution is -2.30. The molecule has 1 heterocycles. The first-order chi connectivity index (χ1) is 9.58. The maximum absolute atomic E-state index is 11.7. The van der Waals surface area contributed by atoms with Crippen LogP contribution in [0.4, 0.5) is 5.69 Å². The van der Waals surface area contributed by atoms with Crippen LogP contribution in [0.5, 0.6) is 0 Å². The number of nitrogens with zero attached hydrogens (tertiary/aromatic N) is 2. The number of carbonyl (C=O) groups excluding carboxylic acids is 1. The van der Waals surface area contributed by atoms with Crippen molar-refractivity contribution in [3.8, 4) is 0 Å². The smallest absolute Gasteiger partial charge is 0.269 e. The summed E-state index contributed by atoms with van der Waals surface area (Å²) in [5.74, 6) is -0.209. The fraction of sp³-hybridized carbons (Fsp3) is 0.429. The fourth-order valence-electron chi connectivity index (χ4n) is 1.92. The van der Waals surface area contributed by atoms with Crippen molar-refractivity contribution in [1.82, 2.24) is 5.43 Å². The van der Waals surface area contributed by atoms with E-state index in [1.165, 1.54) is 6.21 Å². The minimum Gasteiger partial charge on any atom is -0.378 e. The summed E-state index contributed by atoms with van der Waals surface area (Å²) >= 11 is 6.16. The first-order valence-electron chi connectivity index (χ1n) is 6.49. The summed E-state index contributed by atoms with van der Waals surface area (Å²) in [4.78, 5) is 13.6. The van der Waals surface area contributed by atoms with Crippen molar-refractivity contribution < 1.29 is 9.53 Å². The van der Waals surface area contributed by atoms with E-state index in [9.17, 15) is 4.79 Å². The first kappa shape index (κ1) is 14.8. The molecule has 1 amide bonds. The highest BCUT2D eigenvalue weighted by Gasteiger charge is 2.22. The molecule has 1 aliphatic heterocycles. The molecule has 5 nitrogen and oxygen atoms in total. The largest absolute Gasteiger partial charge is 0.378 e. The normalized spacial score (nSPS) is 18.4. The van der Waals surface area contributed by atoms with Crippen molar-refractivity contribution in [2.45, 2.75) is 18.9 Å². The van der Waals surface area contributed by atoms with E-state index in [1.807, 2.05) is 37.2 Å². The number of hydrogen-bond donors (Lipinski definition) is 1. The number of hydrogen-bond acceptors (Lipinski definition) is 4. The molecule has 0 radical (unpaired) electrons. The minimum atomic E-state index is -0.376. The third-order valence-corrected chi connectivity index (χ3v) is 3.43. The highest BCUT2D eigenvalue weighted by atomic mass is 35.5. The van der Waals surface area contributed by atoms with Crippen LogP contribution >= 0.6 is 11.6 Å². The zero-order valence-corrected chi connectivity index (χ0v) is 12.4. The number of hydrazone groups is 1. The molecule has 1 aliphatic rings. The second-order valence-electron chi connectivity index (χ2n) is 4.84. The molecule has 20 heavy (non-hydrogen) atoms. The average Bonchev–Trinajstić information content (AvgIpc) is 2.94. The summed E-state index contributed by atoms with van der Waals surface area (Å²) in [5.41, 5.74) is 4.24. The number of nitrogens with one attached hydrogen (secondary N) is 1. The molecule has 1 aromatic rings. The van der Waals surface area contributed by atoms with Crippen LogP contribution in [0.15, 0.2) is 23.3 Å². The maximum atomic E-state index is 11.7. The average molecular weight is 296 g/mol. The van der Waals surface area contributed by atoms with E-state index in [4.69, 9.17) is 16.3 Å². The Morgan fingerprint density at radius 3 is 2.95 bits per heavy atom. The van der Waals surface area contributed by atoms with E-state index in [0.717, 1.165) is 24.1 Å². The van der Waals surface area contributed by atoms with E-state index in [2.05, 4.69) is 10.5 Å². The summed E-state index contributed by atoms with van der Waals surface area (Å²) in [6.07, 6.45) is 2.83. The van der Waals surface area contributed by atoms with Gasteiger partial charge >= 0.3 is 0 Å². The number of carbonyl (C=O) groups is 1. The molecule has 1 atom stereocenters. The molecule has 1 aromatic carbocycles. The van der Waals surface area contributed by atoms with Gasteiger partial charge in [0.15, 0.2) is 0 Å². The van der Waals surface area contributed by atoms with Gasteiger partial charge in [-0.05, 0) is 31.0 Å². The number of halogens is 1. The monoisotopic (exact) mass is 295 g/mol. The summed E-state index contributed by atoms with van der Waals surface area (Å²) < 4.78 is 5.27. The lowest BCUT2D eigenvalue weighted by atomic mass is 10.2. The number of anilines is 1. The van der Waals surface area contributed by atoms with Crippen LogP contribution in [0, 0.1) is 0 Å². The Morgan fingerprint density at radius 2 is 2.35 bits per heavy atom. The molecule has 0 aliphatic carbocycles. The van der Waals surface area contributed by atoms with Crippen LogP contribution in [-0.4, -0.2) is 38.9 Å². The van der Waals surface area contributed by atoms with Gasteiger partial charge in [-0.3, -0.25) is 4.79 Å². The molecule has 108 valence electrons. The van der Waals surface area contributed by atoms with Gasteiger partial charge in [-0.1, -0.05) is 11.6 Å². The predicted molar refractivity (Wildman–Crippen MR) is 80.5 cm³/mol. The van der Waals surface area contributed by atoms with Crippen LogP contribution in [0.25, 0.3) is 0 Å². The fourth-order valence-corrected chi connectivity index (χ4v) is 2.14. The second-order valence-corrected chi connectivity index (χ2v) is 5.24. The van der Waals surface area contributed by atoms with Gasteiger partial charge in [-0.15, -0.1) is 0 Å². The third kappa shape index (κ3) is 3.71. The highest BCUT2D eigenvalue weighted by molar-refractivity contribution is 6.33. The van der Waals surface area contributed by atoms with Gasteiger partial charge in [-0.2, -0.15) is 5.10 Å². The maximum Gasteiger partial charge on any atom is 0.269 e. The molecule has 0 saturated carbocycles. The van der Waals surface area contributed by atoms with Crippen molar-refractivity contribution in [3.05, 3.63) is 28.8 Å². The number of amides is 1. The zero-order chi connectivity index (χ0) is 14.5. The van der Waals surface area contributed by atoms with Crippen LogP contribution in [0.3, 0.4) is 0 Å². The van der Waals surface area contributed by atoms with E-state index >= 15 is 0 Å². The molecule has 6 heteroatoms. The van der Waals surface area contributed by atoms with Crippen molar-refractivity contribution >= 4 is 29.4 Å². The van der Waals surface area contributed by atoms with Crippen LogP contribution < -0.4 is 10.3 Å². The lowest BCUT2D eigenvalue weighted by molar-refractivity contribution is -0.130. The van der Waals surface area contributed by atoms with Crippen LogP contribution in [-0.2, 0) is 9.53 Å². The van der Waals surface area contributed by atoms with Gasteiger partial charge in [0.05, 0.1) is 11.2 Å².